The summed E-state index contributed by atoms with van der Waals surface area (Å²) >= 11 is 7.38. The van der Waals surface area contributed by atoms with Crippen molar-refractivity contribution in [2.75, 3.05) is 5.75 Å². The Morgan fingerprint density at radius 3 is 2.30 bits per heavy atom. The molecule has 2 heterocycles. The van der Waals surface area contributed by atoms with Crippen molar-refractivity contribution < 1.29 is 37.7 Å². The Morgan fingerprint density at radius 2 is 1.67 bits per heavy atom. The predicted molar refractivity (Wildman–Crippen MR) is 118 cm³/mol. The maximum absolute atomic E-state index is 13.4. The lowest BCUT2D eigenvalue weighted by Gasteiger charge is -2.39. The zero-order chi connectivity index (χ0) is 24.1. The Kier molecular flexibility index (Phi) is 8.15. The molecule has 0 radical (unpaired) electrons. The molecule has 1 saturated heterocycles. The van der Waals surface area contributed by atoms with Gasteiger partial charge in [0.25, 0.3) is 0 Å². The largest absolute Gasteiger partial charge is 0.474 e. The molecule has 3 rings (SSSR count). The van der Waals surface area contributed by atoms with Crippen LogP contribution in [0, 0.1) is 5.82 Å². The van der Waals surface area contributed by atoms with Crippen molar-refractivity contribution in [1.82, 2.24) is 4.98 Å². The van der Waals surface area contributed by atoms with Crippen LogP contribution in [0.5, 0.6) is 5.75 Å². The summed E-state index contributed by atoms with van der Waals surface area (Å²) in [4.78, 5) is 39.1. The summed E-state index contributed by atoms with van der Waals surface area (Å²) in [5.74, 6) is -1.74. The molecule has 2 aromatic rings. The van der Waals surface area contributed by atoms with Crippen molar-refractivity contribution in [3.63, 3.8) is 0 Å². The van der Waals surface area contributed by atoms with Gasteiger partial charge in [0.1, 0.15) is 11.6 Å². The fourth-order valence-corrected chi connectivity index (χ4v) is 4.79. The van der Waals surface area contributed by atoms with Crippen LogP contribution in [0.4, 0.5) is 4.39 Å². The number of pyridine rings is 1. The topological polar surface area (TPSA) is 101 Å². The number of halogens is 2. The fraction of sp³-hybridized carbons (Fsp3) is 0.364. The minimum Gasteiger partial charge on any atom is -0.474 e. The summed E-state index contributed by atoms with van der Waals surface area (Å²) in [5, 5.41) is 0.206. The molecule has 0 saturated carbocycles. The molecule has 1 aromatic carbocycles. The molecule has 0 amide bonds. The Hall–Kier alpha value is -2.85. The predicted octanol–water partition coefficient (Wildman–Crippen LogP) is 3.79. The lowest BCUT2D eigenvalue weighted by molar-refractivity contribution is -0.186. The van der Waals surface area contributed by atoms with Gasteiger partial charge in [-0.2, -0.15) is 0 Å². The zero-order valence-corrected chi connectivity index (χ0v) is 19.5. The van der Waals surface area contributed by atoms with E-state index in [0.29, 0.717) is 16.9 Å². The average Bonchev–Trinajstić information content (AvgIpc) is 2.71. The van der Waals surface area contributed by atoms with Gasteiger partial charge in [0.2, 0.25) is 0 Å². The van der Waals surface area contributed by atoms with Gasteiger partial charge in [-0.1, -0.05) is 11.6 Å². The van der Waals surface area contributed by atoms with Crippen molar-refractivity contribution in [3.05, 3.63) is 47.5 Å². The highest BCUT2D eigenvalue weighted by molar-refractivity contribution is 7.99. The molecule has 0 unspecified atom stereocenters. The fourth-order valence-electron chi connectivity index (χ4n) is 3.30. The van der Waals surface area contributed by atoms with E-state index in [1.165, 1.54) is 56.9 Å². The number of carbonyl (C=O) groups is 3. The molecule has 1 aromatic heterocycles. The van der Waals surface area contributed by atoms with Crippen molar-refractivity contribution in [2.24, 2.45) is 0 Å². The molecule has 0 aliphatic carbocycles. The first-order valence-corrected chi connectivity index (χ1v) is 11.3. The minimum absolute atomic E-state index is 0.206. The molecule has 1 aliphatic heterocycles. The van der Waals surface area contributed by atoms with E-state index in [2.05, 4.69) is 4.98 Å². The van der Waals surface area contributed by atoms with Crippen LogP contribution < -0.4 is 4.74 Å². The number of nitrogens with zero attached hydrogens (tertiary/aromatic N) is 1. The number of rotatable bonds is 6. The maximum Gasteiger partial charge on any atom is 0.303 e. The van der Waals surface area contributed by atoms with Crippen LogP contribution in [0.3, 0.4) is 0 Å². The van der Waals surface area contributed by atoms with Gasteiger partial charge < -0.3 is 18.9 Å². The number of esters is 3. The molecule has 0 bridgehead atoms. The van der Waals surface area contributed by atoms with Gasteiger partial charge in [-0.3, -0.25) is 19.4 Å². The third-order valence-corrected chi connectivity index (χ3v) is 6.04. The summed E-state index contributed by atoms with van der Waals surface area (Å²) < 4.78 is 35.5. The molecule has 11 heteroatoms. The molecule has 4 atom stereocenters. The summed E-state index contributed by atoms with van der Waals surface area (Å²) in [6, 6.07) is 5.64. The second kappa shape index (κ2) is 10.8. The van der Waals surface area contributed by atoms with Crippen LogP contribution in [0.15, 0.2) is 36.7 Å². The smallest absolute Gasteiger partial charge is 0.303 e. The van der Waals surface area contributed by atoms with E-state index in [0.717, 1.165) is 0 Å². The first kappa shape index (κ1) is 24.8. The molecule has 176 valence electrons. The molecule has 33 heavy (non-hydrogen) atoms. The van der Waals surface area contributed by atoms with Crippen LogP contribution in [0.2, 0.25) is 5.02 Å². The number of hydrogen-bond acceptors (Lipinski definition) is 9. The summed E-state index contributed by atoms with van der Waals surface area (Å²) in [6.07, 6.45) is 0.0349. The van der Waals surface area contributed by atoms with E-state index in [4.69, 9.17) is 30.5 Å². The first-order valence-electron chi connectivity index (χ1n) is 9.84. The quantitative estimate of drug-likeness (QED) is 0.435. The summed E-state index contributed by atoms with van der Waals surface area (Å²) in [5.41, 5.74) is 0.332. The van der Waals surface area contributed by atoms with E-state index < -0.39 is 47.5 Å². The molecular formula is C22H21ClFNO7S. The van der Waals surface area contributed by atoms with E-state index in [1.807, 2.05) is 0 Å². The number of thioether (sulfide) groups is 1. The molecule has 0 N–H and O–H groups in total. The normalized spacial score (nSPS) is 22.2. The van der Waals surface area contributed by atoms with Gasteiger partial charge in [0.15, 0.2) is 23.7 Å². The number of benzene rings is 1. The Labute approximate surface area is 198 Å². The van der Waals surface area contributed by atoms with Gasteiger partial charge in [-0.25, -0.2) is 4.39 Å². The van der Waals surface area contributed by atoms with Crippen molar-refractivity contribution in [2.45, 2.75) is 44.5 Å². The third kappa shape index (κ3) is 6.58. The second-order valence-corrected chi connectivity index (χ2v) is 8.69. The van der Waals surface area contributed by atoms with Gasteiger partial charge in [0.05, 0.1) is 11.2 Å². The SMILES string of the molecule is CC(=O)O[C@@H]1[C@@H](OC(C)=O)[C@H](OC(C)=O)CS[C@H]1Oc1cncc(-c2ccc(F)cc2Cl)c1. The Bertz CT molecular complexity index is 1050. The van der Waals surface area contributed by atoms with Crippen LogP contribution in [-0.4, -0.2) is 52.4 Å². The highest BCUT2D eigenvalue weighted by Gasteiger charge is 2.47. The maximum atomic E-state index is 13.4. The zero-order valence-electron chi connectivity index (χ0n) is 17.9. The number of aromatic nitrogens is 1. The lowest BCUT2D eigenvalue weighted by atomic mass is 10.1. The summed E-state index contributed by atoms with van der Waals surface area (Å²) in [7, 11) is 0. The van der Waals surface area contributed by atoms with Gasteiger partial charge >= 0.3 is 17.9 Å². The van der Waals surface area contributed by atoms with Crippen molar-refractivity contribution in [1.29, 1.82) is 0 Å². The molecular weight excluding hydrogens is 477 g/mol. The highest BCUT2D eigenvalue weighted by atomic mass is 35.5. The van der Waals surface area contributed by atoms with Crippen LogP contribution in [0.25, 0.3) is 11.1 Å². The van der Waals surface area contributed by atoms with Gasteiger partial charge in [0, 0.05) is 43.8 Å². The number of ether oxygens (including phenoxy) is 4. The van der Waals surface area contributed by atoms with E-state index in [1.54, 1.807) is 12.3 Å². The standard InChI is InChI=1S/C22H21ClFNO7S/c1-11(26)29-19-10-33-22(21(31-13(3)28)20(19)30-12(2)27)32-16-6-14(8-25-9-16)17-5-4-15(24)7-18(17)23/h4-9,19-22H,10H2,1-3H3/t19-,20+,21-,22-/m1/s1. The van der Waals surface area contributed by atoms with Crippen LogP contribution >= 0.6 is 23.4 Å². The van der Waals surface area contributed by atoms with Crippen molar-refractivity contribution >= 4 is 41.3 Å². The van der Waals surface area contributed by atoms with Gasteiger partial charge in [-0.15, -0.1) is 11.8 Å². The highest BCUT2D eigenvalue weighted by Crippen LogP contribution is 2.36. The van der Waals surface area contributed by atoms with E-state index in [-0.39, 0.29) is 10.8 Å². The first-order chi connectivity index (χ1) is 15.6. The molecule has 1 aliphatic rings. The third-order valence-electron chi connectivity index (χ3n) is 4.51. The monoisotopic (exact) mass is 497 g/mol. The van der Waals surface area contributed by atoms with Crippen LogP contribution in [-0.2, 0) is 28.6 Å². The Balaban J connectivity index is 1.88. The second-order valence-electron chi connectivity index (χ2n) is 7.15. The molecule has 0 spiro atoms. The number of hydrogen-bond donors (Lipinski definition) is 0. The van der Waals surface area contributed by atoms with E-state index >= 15 is 0 Å². The molecule has 8 nitrogen and oxygen atoms in total. The van der Waals surface area contributed by atoms with E-state index in [9.17, 15) is 18.8 Å². The molecule has 1 fully saturated rings. The Morgan fingerprint density at radius 1 is 1.00 bits per heavy atom. The van der Waals surface area contributed by atoms with Gasteiger partial charge in [-0.05, 0) is 24.3 Å². The average molecular weight is 498 g/mol. The lowest BCUT2D eigenvalue weighted by Crippen LogP contribution is -2.55. The van der Waals surface area contributed by atoms with Crippen LogP contribution in [0.1, 0.15) is 20.8 Å². The van der Waals surface area contributed by atoms with Crippen molar-refractivity contribution in [3.8, 4) is 16.9 Å². The summed E-state index contributed by atoms with van der Waals surface area (Å²) in [6.45, 7) is 3.64. The number of carbonyl (C=O) groups excluding carboxylic acids is 3. The minimum atomic E-state index is -1.07.